The summed E-state index contributed by atoms with van der Waals surface area (Å²) in [6, 6.07) is 1.79. The van der Waals surface area contributed by atoms with Crippen LogP contribution in [0.5, 0.6) is 0 Å². The van der Waals surface area contributed by atoms with E-state index in [4.69, 9.17) is 0 Å². The van der Waals surface area contributed by atoms with Crippen molar-refractivity contribution in [2.45, 2.75) is 34.2 Å². The van der Waals surface area contributed by atoms with Gasteiger partial charge >= 0.3 is 5.97 Å². The molecule has 100 valence electrons. The number of aromatic carboxylic acids is 1. The summed E-state index contributed by atoms with van der Waals surface area (Å²) in [5, 5.41) is 9.18. The molecule has 1 N–H and O–H groups in total. The zero-order chi connectivity index (χ0) is 13.9. The van der Waals surface area contributed by atoms with Crippen LogP contribution in [0.3, 0.4) is 0 Å². The van der Waals surface area contributed by atoms with Gasteiger partial charge in [-0.1, -0.05) is 0 Å². The van der Waals surface area contributed by atoms with Crippen LogP contribution in [0, 0.1) is 13.8 Å². The average Bonchev–Trinajstić information content (AvgIpc) is 2.55. The molecule has 0 saturated carbocycles. The second kappa shape index (κ2) is 5.71. The number of aromatic nitrogens is 1. The van der Waals surface area contributed by atoms with Crippen LogP contribution in [0.1, 0.15) is 35.6 Å². The molecule has 0 aromatic carbocycles. The Balaban J connectivity index is 3.04. The van der Waals surface area contributed by atoms with Crippen molar-refractivity contribution in [2.75, 3.05) is 13.1 Å². The van der Waals surface area contributed by atoms with E-state index in [1.807, 2.05) is 20.8 Å². The van der Waals surface area contributed by atoms with Crippen LogP contribution in [0.25, 0.3) is 0 Å². The van der Waals surface area contributed by atoms with E-state index in [0.717, 1.165) is 5.69 Å². The van der Waals surface area contributed by atoms with Gasteiger partial charge in [0.1, 0.15) is 12.2 Å². The number of amides is 1. The zero-order valence-electron chi connectivity index (χ0n) is 11.4. The third-order valence-electron chi connectivity index (χ3n) is 3.11. The summed E-state index contributed by atoms with van der Waals surface area (Å²) >= 11 is 0. The summed E-state index contributed by atoms with van der Waals surface area (Å²) in [5.74, 6) is -1.05. The van der Waals surface area contributed by atoms with Gasteiger partial charge < -0.3 is 14.6 Å². The lowest BCUT2D eigenvalue weighted by Crippen LogP contribution is -2.34. The van der Waals surface area contributed by atoms with Gasteiger partial charge in [-0.2, -0.15) is 0 Å². The topological polar surface area (TPSA) is 62.5 Å². The standard InChI is InChI=1S/C13H20N2O3/c1-5-14(6-2)11(16)8-15-10(4)7-9(3)12(15)13(17)18/h7H,5-6,8H2,1-4H3,(H,17,18). The molecule has 0 aliphatic heterocycles. The molecule has 1 rings (SSSR count). The number of nitrogens with zero attached hydrogens (tertiary/aromatic N) is 2. The minimum Gasteiger partial charge on any atom is -0.477 e. The average molecular weight is 252 g/mol. The molecule has 0 unspecified atom stereocenters. The molecular formula is C13H20N2O3. The van der Waals surface area contributed by atoms with Crippen LogP contribution in [0.15, 0.2) is 6.07 Å². The third-order valence-corrected chi connectivity index (χ3v) is 3.11. The van der Waals surface area contributed by atoms with E-state index in [0.29, 0.717) is 18.7 Å². The number of carboxylic acids is 1. The number of carbonyl (C=O) groups excluding carboxylic acids is 1. The Bertz CT molecular complexity index is 459. The number of aryl methyl sites for hydroxylation is 2. The molecule has 5 heteroatoms. The summed E-state index contributed by atoms with van der Waals surface area (Å²) in [7, 11) is 0. The Hall–Kier alpha value is -1.78. The monoisotopic (exact) mass is 252 g/mol. The van der Waals surface area contributed by atoms with Gasteiger partial charge in [-0.3, -0.25) is 4.79 Å². The molecule has 1 aromatic rings. The third kappa shape index (κ3) is 2.72. The maximum absolute atomic E-state index is 12.0. The molecule has 0 spiro atoms. The van der Waals surface area contributed by atoms with Gasteiger partial charge in [0, 0.05) is 18.8 Å². The predicted molar refractivity (Wildman–Crippen MR) is 68.8 cm³/mol. The Morgan fingerprint density at radius 2 is 1.83 bits per heavy atom. The van der Waals surface area contributed by atoms with Crippen LogP contribution < -0.4 is 0 Å². The quantitative estimate of drug-likeness (QED) is 0.867. The SMILES string of the molecule is CCN(CC)C(=O)Cn1c(C)cc(C)c1C(=O)O. The van der Waals surface area contributed by atoms with Gasteiger partial charge in [-0.05, 0) is 39.3 Å². The maximum atomic E-state index is 12.0. The number of hydrogen-bond acceptors (Lipinski definition) is 2. The summed E-state index contributed by atoms with van der Waals surface area (Å²) < 4.78 is 1.57. The zero-order valence-corrected chi connectivity index (χ0v) is 11.4. The number of hydrogen-bond donors (Lipinski definition) is 1. The van der Waals surface area contributed by atoms with Gasteiger partial charge in [0.05, 0.1) is 0 Å². The Morgan fingerprint density at radius 1 is 1.28 bits per heavy atom. The minimum atomic E-state index is -0.993. The number of rotatable bonds is 5. The highest BCUT2D eigenvalue weighted by atomic mass is 16.4. The Kier molecular flexibility index (Phi) is 4.53. The van der Waals surface area contributed by atoms with Gasteiger partial charge in [-0.25, -0.2) is 4.79 Å². The highest BCUT2D eigenvalue weighted by molar-refractivity contribution is 5.89. The number of carbonyl (C=O) groups is 2. The summed E-state index contributed by atoms with van der Waals surface area (Å²) in [6.45, 7) is 8.74. The van der Waals surface area contributed by atoms with E-state index in [-0.39, 0.29) is 18.1 Å². The molecule has 0 bridgehead atoms. The Morgan fingerprint density at radius 3 is 2.28 bits per heavy atom. The van der Waals surface area contributed by atoms with Crippen LogP contribution in [0.2, 0.25) is 0 Å². The van der Waals surface area contributed by atoms with Gasteiger partial charge in [0.25, 0.3) is 0 Å². The molecule has 0 aliphatic carbocycles. The fraction of sp³-hybridized carbons (Fsp3) is 0.538. The van der Waals surface area contributed by atoms with Gasteiger partial charge in [0.15, 0.2) is 0 Å². The lowest BCUT2D eigenvalue weighted by atomic mass is 10.2. The van der Waals surface area contributed by atoms with E-state index in [1.165, 1.54) is 0 Å². The van der Waals surface area contributed by atoms with E-state index < -0.39 is 5.97 Å². The Labute approximate surface area is 107 Å². The molecule has 0 radical (unpaired) electrons. The van der Waals surface area contributed by atoms with Crippen molar-refractivity contribution in [3.8, 4) is 0 Å². The lowest BCUT2D eigenvalue weighted by molar-refractivity contribution is -0.131. The molecular weight excluding hydrogens is 232 g/mol. The maximum Gasteiger partial charge on any atom is 0.352 e. The molecule has 0 atom stereocenters. The number of likely N-dealkylation sites (N-methyl/N-ethyl adjacent to an activating group) is 1. The molecule has 18 heavy (non-hydrogen) atoms. The van der Waals surface area contributed by atoms with Crippen LogP contribution in [-0.2, 0) is 11.3 Å². The smallest absolute Gasteiger partial charge is 0.352 e. The van der Waals surface area contributed by atoms with E-state index in [1.54, 1.807) is 22.5 Å². The van der Waals surface area contributed by atoms with E-state index in [2.05, 4.69) is 0 Å². The molecule has 0 fully saturated rings. The van der Waals surface area contributed by atoms with Crippen molar-refractivity contribution < 1.29 is 14.7 Å². The van der Waals surface area contributed by atoms with Crippen molar-refractivity contribution in [3.63, 3.8) is 0 Å². The van der Waals surface area contributed by atoms with Crippen molar-refractivity contribution in [1.29, 1.82) is 0 Å². The predicted octanol–water partition coefficient (Wildman–Crippen LogP) is 1.67. The van der Waals surface area contributed by atoms with Crippen molar-refractivity contribution in [1.82, 2.24) is 9.47 Å². The van der Waals surface area contributed by atoms with Crippen molar-refractivity contribution in [3.05, 3.63) is 23.0 Å². The van der Waals surface area contributed by atoms with Gasteiger partial charge in [-0.15, -0.1) is 0 Å². The molecule has 5 nitrogen and oxygen atoms in total. The molecule has 1 aromatic heterocycles. The van der Waals surface area contributed by atoms with Crippen LogP contribution in [-0.4, -0.2) is 39.5 Å². The number of carboxylic acid groups (broad SMARTS) is 1. The molecule has 1 heterocycles. The van der Waals surface area contributed by atoms with Gasteiger partial charge in [0.2, 0.25) is 5.91 Å². The second-order valence-electron chi connectivity index (χ2n) is 4.27. The van der Waals surface area contributed by atoms with E-state index >= 15 is 0 Å². The first kappa shape index (κ1) is 14.3. The highest BCUT2D eigenvalue weighted by Gasteiger charge is 2.19. The second-order valence-corrected chi connectivity index (χ2v) is 4.27. The highest BCUT2D eigenvalue weighted by Crippen LogP contribution is 2.15. The lowest BCUT2D eigenvalue weighted by Gasteiger charge is -2.20. The fourth-order valence-electron chi connectivity index (χ4n) is 2.15. The fourth-order valence-corrected chi connectivity index (χ4v) is 2.15. The first-order valence-corrected chi connectivity index (χ1v) is 6.10. The molecule has 1 amide bonds. The summed E-state index contributed by atoms with van der Waals surface area (Å²) in [5.41, 5.74) is 1.69. The molecule has 0 aliphatic rings. The normalized spacial score (nSPS) is 10.4. The minimum absolute atomic E-state index is 0.0544. The first-order chi connectivity index (χ1) is 8.42. The van der Waals surface area contributed by atoms with Crippen molar-refractivity contribution >= 4 is 11.9 Å². The van der Waals surface area contributed by atoms with Crippen LogP contribution >= 0.6 is 0 Å². The first-order valence-electron chi connectivity index (χ1n) is 6.10. The summed E-state index contributed by atoms with van der Waals surface area (Å²) in [6.07, 6.45) is 0. The van der Waals surface area contributed by atoms with E-state index in [9.17, 15) is 14.7 Å². The largest absolute Gasteiger partial charge is 0.477 e. The van der Waals surface area contributed by atoms with Crippen LogP contribution in [0.4, 0.5) is 0 Å². The summed E-state index contributed by atoms with van der Waals surface area (Å²) in [4.78, 5) is 24.9. The van der Waals surface area contributed by atoms with Crippen molar-refractivity contribution in [2.24, 2.45) is 0 Å². The molecule has 0 saturated heterocycles.